The Labute approximate surface area is 125 Å². The van der Waals surface area contributed by atoms with E-state index in [4.69, 9.17) is 11.6 Å². The second-order valence-corrected chi connectivity index (χ2v) is 5.88. The Morgan fingerprint density at radius 3 is 2.39 bits per heavy atom. The smallest absolute Gasteiger partial charge is 0.130 e. The van der Waals surface area contributed by atoms with Crippen LogP contribution in [0.4, 0.5) is 8.78 Å². The number of rotatable bonds is 2. The molecule has 0 heterocycles. The van der Waals surface area contributed by atoms with Crippen LogP contribution in [0.5, 0.6) is 0 Å². The minimum absolute atomic E-state index is 0.355. The van der Waals surface area contributed by atoms with Crippen molar-refractivity contribution in [3.63, 3.8) is 0 Å². The Morgan fingerprint density at radius 2 is 1.78 bits per heavy atom. The van der Waals surface area contributed by atoms with Crippen molar-refractivity contribution in [2.24, 2.45) is 0 Å². The molecule has 0 amide bonds. The lowest BCUT2D eigenvalue weighted by atomic mass is 10.0. The van der Waals surface area contributed by atoms with Crippen molar-refractivity contribution < 1.29 is 8.78 Å². The maximum atomic E-state index is 13.7. The molecule has 94 valence electrons. The molecule has 0 radical (unpaired) electrons. The predicted octanol–water partition coefficient (Wildman–Crippen LogP) is 5.87. The molecule has 18 heavy (non-hydrogen) atoms. The van der Waals surface area contributed by atoms with Gasteiger partial charge in [0.1, 0.15) is 11.6 Å². The number of hydrogen-bond donors (Lipinski definition) is 0. The summed E-state index contributed by atoms with van der Waals surface area (Å²) in [5, 5.41) is 0.582. The Hall–Kier alpha value is -0.450. The Morgan fingerprint density at radius 1 is 1.06 bits per heavy atom. The molecule has 0 aromatic heterocycles. The van der Waals surface area contributed by atoms with Gasteiger partial charge < -0.3 is 0 Å². The monoisotopic (exact) mass is 394 g/mol. The van der Waals surface area contributed by atoms with Crippen molar-refractivity contribution in [1.29, 1.82) is 0 Å². The molecule has 2 rings (SSSR count). The van der Waals surface area contributed by atoms with E-state index < -0.39 is 11.6 Å². The SMILES string of the molecule is Fc1ccc(C(Br)c2ccc(Cl)c(Br)c2)c(F)c1. The Bertz CT molecular complexity index is 587. The summed E-state index contributed by atoms with van der Waals surface area (Å²) in [6, 6.07) is 8.83. The maximum absolute atomic E-state index is 13.7. The van der Waals surface area contributed by atoms with E-state index in [1.165, 1.54) is 12.1 Å². The minimum Gasteiger partial charge on any atom is -0.207 e. The van der Waals surface area contributed by atoms with Gasteiger partial charge in [-0.25, -0.2) is 8.78 Å². The largest absolute Gasteiger partial charge is 0.207 e. The highest BCUT2D eigenvalue weighted by atomic mass is 79.9. The summed E-state index contributed by atoms with van der Waals surface area (Å²) >= 11 is 12.6. The van der Waals surface area contributed by atoms with Gasteiger partial charge in [0.2, 0.25) is 0 Å². The molecule has 0 bridgehead atoms. The third-order valence-electron chi connectivity index (χ3n) is 2.47. The number of alkyl halides is 1. The molecule has 0 saturated carbocycles. The minimum atomic E-state index is -0.590. The second kappa shape index (κ2) is 5.68. The average molecular weight is 396 g/mol. The fourth-order valence-electron chi connectivity index (χ4n) is 1.56. The molecule has 1 unspecified atom stereocenters. The number of halogens is 5. The molecule has 0 nitrogen and oxygen atoms in total. The number of hydrogen-bond acceptors (Lipinski definition) is 0. The molecular formula is C13H7Br2ClF2. The van der Waals surface area contributed by atoms with Gasteiger partial charge in [-0.05, 0) is 39.7 Å². The Kier molecular flexibility index (Phi) is 4.41. The lowest BCUT2D eigenvalue weighted by Gasteiger charge is -2.12. The highest BCUT2D eigenvalue weighted by Gasteiger charge is 2.16. The molecule has 0 saturated heterocycles. The predicted molar refractivity (Wildman–Crippen MR) is 76.3 cm³/mol. The van der Waals surface area contributed by atoms with E-state index in [1.54, 1.807) is 18.2 Å². The van der Waals surface area contributed by atoms with E-state index in [0.717, 1.165) is 16.1 Å². The topological polar surface area (TPSA) is 0 Å². The van der Waals surface area contributed by atoms with Crippen LogP contribution < -0.4 is 0 Å². The zero-order valence-electron chi connectivity index (χ0n) is 8.93. The fraction of sp³-hybridized carbons (Fsp3) is 0.0769. The average Bonchev–Trinajstić information content (AvgIpc) is 2.32. The molecular weight excluding hydrogens is 389 g/mol. The number of benzene rings is 2. The van der Waals surface area contributed by atoms with Crippen LogP contribution in [0.25, 0.3) is 0 Å². The molecule has 2 aromatic rings. The van der Waals surface area contributed by atoms with Gasteiger partial charge in [0.25, 0.3) is 0 Å². The summed E-state index contributed by atoms with van der Waals surface area (Å²) in [4.78, 5) is -0.355. The summed E-state index contributed by atoms with van der Waals surface area (Å²) in [5.41, 5.74) is 1.21. The highest BCUT2D eigenvalue weighted by molar-refractivity contribution is 9.10. The van der Waals surface area contributed by atoms with E-state index in [1.807, 2.05) is 0 Å². The van der Waals surface area contributed by atoms with Gasteiger partial charge in [-0.2, -0.15) is 0 Å². The normalized spacial score (nSPS) is 12.5. The van der Waals surface area contributed by atoms with Crippen LogP contribution in [0.2, 0.25) is 5.02 Å². The van der Waals surface area contributed by atoms with E-state index in [2.05, 4.69) is 31.9 Å². The van der Waals surface area contributed by atoms with Gasteiger partial charge in [-0.1, -0.05) is 39.7 Å². The summed E-state index contributed by atoms with van der Waals surface area (Å²) in [6.45, 7) is 0. The molecule has 0 fully saturated rings. The molecule has 0 spiro atoms. The lowest BCUT2D eigenvalue weighted by molar-refractivity contribution is 0.574. The zero-order valence-corrected chi connectivity index (χ0v) is 12.9. The molecule has 5 heteroatoms. The molecule has 0 aliphatic rings. The van der Waals surface area contributed by atoms with Crippen molar-refractivity contribution >= 4 is 43.5 Å². The quantitative estimate of drug-likeness (QED) is 0.558. The van der Waals surface area contributed by atoms with Crippen molar-refractivity contribution in [2.45, 2.75) is 4.83 Å². The van der Waals surface area contributed by atoms with E-state index >= 15 is 0 Å². The first-order chi connectivity index (χ1) is 8.49. The van der Waals surface area contributed by atoms with Gasteiger partial charge in [0, 0.05) is 16.1 Å². The van der Waals surface area contributed by atoms with Crippen LogP contribution in [-0.2, 0) is 0 Å². The van der Waals surface area contributed by atoms with Crippen molar-refractivity contribution in [1.82, 2.24) is 0 Å². The Balaban J connectivity index is 2.41. The summed E-state index contributed by atoms with van der Waals surface area (Å²) in [7, 11) is 0. The molecule has 0 N–H and O–H groups in total. The standard InChI is InChI=1S/C13H7Br2ClF2/c14-10-5-7(1-4-11(10)16)13(15)9-3-2-8(17)6-12(9)18/h1-6,13H. The van der Waals surface area contributed by atoms with Gasteiger partial charge in [-0.15, -0.1) is 0 Å². The third kappa shape index (κ3) is 2.92. The second-order valence-electron chi connectivity index (χ2n) is 3.70. The zero-order chi connectivity index (χ0) is 13.3. The summed E-state index contributed by atoms with van der Waals surface area (Å²) in [6.07, 6.45) is 0. The van der Waals surface area contributed by atoms with Crippen LogP contribution in [0.3, 0.4) is 0 Å². The van der Waals surface area contributed by atoms with E-state index in [0.29, 0.717) is 10.6 Å². The summed E-state index contributed by atoms with van der Waals surface area (Å²) < 4.78 is 27.2. The van der Waals surface area contributed by atoms with Crippen molar-refractivity contribution in [3.05, 3.63) is 68.7 Å². The third-order valence-corrected chi connectivity index (χ3v) is 4.71. The fourth-order valence-corrected chi connectivity index (χ4v) is 2.73. The van der Waals surface area contributed by atoms with Crippen LogP contribution >= 0.6 is 43.5 Å². The van der Waals surface area contributed by atoms with Crippen LogP contribution in [0, 0.1) is 11.6 Å². The lowest BCUT2D eigenvalue weighted by Crippen LogP contribution is -1.97. The first-order valence-corrected chi connectivity index (χ1v) is 7.11. The maximum Gasteiger partial charge on any atom is 0.130 e. The van der Waals surface area contributed by atoms with E-state index in [9.17, 15) is 8.78 Å². The van der Waals surface area contributed by atoms with Crippen molar-refractivity contribution in [2.75, 3.05) is 0 Å². The highest BCUT2D eigenvalue weighted by Crippen LogP contribution is 2.35. The van der Waals surface area contributed by atoms with E-state index in [-0.39, 0.29) is 4.83 Å². The van der Waals surface area contributed by atoms with Crippen LogP contribution in [-0.4, -0.2) is 0 Å². The van der Waals surface area contributed by atoms with Crippen LogP contribution in [0.1, 0.15) is 16.0 Å². The van der Waals surface area contributed by atoms with Crippen molar-refractivity contribution in [3.8, 4) is 0 Å². The molecule has 0 aliphatic heterocycles. The van der Waals surface area contributed by atoms with Gasteiger partial charge in [0.15, 0.2) is 0 Å². The molecule has 2 aromatic carbocycles. The van der Waals surface area contributed by atoms with Gasteiger partial charge in [0.05, 0.1) is 9.85 Å². The molecule has 1 atom stereocenters. The molecule has 0 aliphatic carbocycles. The van der Waals surface area contributed by atoms with Crippen LogP contribution in [0.15, 0.2) is 40.9 Å². The van der Waals surface area contributed by atoms with Gasteiger partial charge in [-0.3, -0.25) is 0 Å². The first kappa shape index (κ1) is 14.0. The summed E-state index contributed by atoms with van der Waals surface area (Å²) in [5.74, 6) is -1.17. The van der Waals surface area contributed by atoms with Gasteiger partial charge >= 0.3 is 0 Å². The first-order valence-electron chi connectivity index (χ1n) is 5.03.